The van der Waals surface area contributed by atoms with Crippen LogP contribution in [0.2, 0.25) is 5.02 Å². The fourth-order valence-corrected chi connectivity index (χ4v) is 2.21. The third-order valence-electron chi connectivity index (χ3n) is 2.67. The second-order valence-electron chi connectivity index (χ2n) is 4.04. The van der Waals surface area contributed by atoms with Crippen molar-refractivity contribution in [2.45, 2.75) is 13.0 Å². The SMILES string of the molecule is CC(Nc1cc(Cl)ccc1Br)c1ccc(F)cc1. The maximum absolute atomic E-state index is 12.8. The monoisotopic (exact) mass is 327 g/mol. The second-order valence-corrected chi connectivity index (χ2v) is 5.33. The Bertz CT molecular complexity index is 542. The smallest absolute Gasteiger partial charge is 0.123 e. The van der Waals surface area contributed by atoms with E-state index < -0.39 is 0 Å². The Kier molecular flexibility index (Phi) is 4.25. The highest BCUT2D eigenvalue weighted by atomic mass is 79.9. The van der Waals surface area contributed by atoms with Crippen molar-refractivity contribution < 1.29 is 4.39 Å². The van der Waals surface area contributed by atoms with E-state index in [1.165, 1.54) is 12.1 Å². The molecule has 1 N–H and O–H groups in total. The predicted molar refractivity (Wildman–Crippen MR) is 77.6 cm³/mol. The molecular formula is C14H12BrClFN. The molecule has 0 aliphatic carbocycles. The summed E-state index contributed by atoms with van der Waals surface area (Å²) in [6.45, 7) is 2.01. The van der Waals surface area contributed by atoms with Crippen LogP contribution in [0.1, 0.15) is 18.5 Å². The van der Waals surface area contributed by atoms with Gasteiger partial charge in [-0.25, -0.2) is 4.39 Å². The molecule has 1 nitrogen and oxygen atoms in total. The summed E-state index contributed by atoms with van der Waals surface area (Å²) in [7, 11) is 0. The third kappa shape index (κ3) is 3.24. The Labute approximate surface area is 119 Å². The fourth-order valence-electron chi connectivity index (χ4n) is 1.68. The van der Waals surface area contributed by atoms with Crippen LogP contribution in [0.4, 0.5) is 10.1 Å². The van der Waals surface area contributed by atoms with Gasteiger partial charge in [-0.1, -0.05) is 23.7 Å². The zero-order valence-corrected chi connectivity index (χ0v) is 12.1. The fraction of sp³-hybridized carbons (Fsp3) is 0.143. The summed E-state index contributed by atoms with van der Waals surface area (Å²) in [6.07, 6.45) is 0. The lowest BCUT2D eigenvalue weighted by molar-refractivity contribution is 0.626. The average Bonchev–Trinajstić information content (AvgIpc) is 2.34. The van der Waals surface area contributed by atoms with Gasteiger partial charge in [0.05, 0.1) is 5.69 Å². The zero-order valence-electron chi connectivity index (χ0n) is 9.75. The van der Waals surface area contributed by atoms with Crippen LogP contribution >= 0.6 is 27.5 Å². The number of benzene rings is 2. The molecule has 0 spiro atoms. The Morgan fingerprint density at radius 2 is 1.83 bits per heavy atom. The maximum atomic E-state index is 12.8. The summed E-state index contributed by atoms with van der Waals surface area (Å²) in [5, 5.41) is 4.01. The zero-order chi connectivity index (χ0) is 13.1. The van der Waals surface area contributed by atoms with E-state index in [2.05, 4.69) is 21.2 Å². The van der Waals surface area contributed by atoms with Crippen LogP contribution in [0.15, 0.2) is 46.9 Å². The molecule has 1 atom stereocenters. The summed E-state index contributed by atoms with van der Waals surface area (Å²) >= 11 is 9.42. The quantitative estimate of drug-likeness (QED) is 0.794. The van der Waals surface area contributed by atoms with E-state index in [-0.39, 0.29) is 11.9 Å². The van der Waals surface area contributed by atoms with E-state index >= 15 is 0 Å². The number of nitrogens with one attached hydrogen (secondary N) is 1. The van der Waals surface area contributed by atoms with E-state index in [1.54, 1.807) is 12.1 Å². The van der Waals surface area contributed by atoms with Crippen molar-refractivity contribution in [3.63, 3.8) is 0 Å². The second kappa shape index (κ2) is 5.72. The van der Waals surface area contributed by atoms with Gasteiger partial charge >= 0.3 is 0 Å². The third-order valence-corrected chi connectivity index (χ3v) is 3.60. The molecule has 4 heteroatoms. The molecule has 0 radical (unpaired) electrons. The molecule has 0 aliphatic heterocycles. The van der Waals surface area contributed by atoms with Crippen molar-refractivity contribution in [3.8, 4) is 0 Å². The van der Waals surface area contributed by atoms with Crippen molar-refractivity contribution in [2.75, 3.05) is 5.32 Å². The molecule has 0 aliphatic rings. The van der Waals surface area contributed by atoms with E-state index in [1.807, 2.05) is 25.1 Å². The molecule has 0 bridgehead atoms. The minimum Gasteiger partial charge on any atom is -0.378 e. The Morgan fingerprint density at radius 1 is 1.17 bits per heavy atom. The Balaban J connectivity index is 2.18. The topological polar surface area (TPSA) is 12.0 Å². The summed E-state index contributed by atoms with van der Waals surface area (Å²) in [5.41, 5.74) is 1.93. The van der Waals surface area contributed by atoms with Crippen molar-refractivity contribution in [3.05, 3.63) is 63.3 Å². The molecule has 1 unspecified atom stereocenters. The van der Waals surface area contributed by atoms with Crippen molar-refractivity contribution in [1.82, 2.24) is 0 Å². The standard InChI is InChI=1S/C14H12BrClFN/c1-9(10-2-5-12(17)6-3-10)18-14-8-11(16)4-7-13(14)15/h2-9,18H,1H3. The first kappa shape index (κ1) is 13.4. The molecule has 0 heterocycles. The van der Waals surface area contributed by atoms with Crippen LogP contribution in [0, 0.1) is 5.82 Å². The lowest BCUT2D eigenvalue weighted by Gasteiger charge is -2.17. The van der Waals surface area contributed by atoms with Gasteiger partial charge in [0, 0.05) is 15.5 Å². The van der Waals surface area contributed by atoms with Gasteiger partial charge in [-0.3, -0.25) is 0 Å². The summed E-state index contributed by atoms with van der Waals surface area (Å²) in [5.74, 6) is -0.227. The summed E-state index contributed by atoms with van der Waals surface area (Å²) in [6, 6.07) is 12.1. The number of halogens is 3. The van der Waals surface area contributed by atoms with Gasteiger partial charge in [-0.05, 0) is 58.7 Å². The first-order chi connectivity index (χ1) is 8.56. The lowest BCUT2D eigenvalue weighted by Crippen LogP contribution is -2.07. The molecule has 18 heavy (non-hydrogen) atoms. The van der Waals surface area contributed by atoms with Crippen LogP contribution in [0.5, 0.6) is 0 Å². The van der Waals surface area contributed by atoms with Gasteiger partial charge in [0.2, 0.25) is 0 Å². The van der Waals surface area contributed by atoms with E-state index in [0.717, 1.165) is 15.7 Å². The summed E-state index contributed by atoms with van der Waals surface area (Å²) < 4.78 is 13.8. The Hall–Kier alpha value is -1.06. The minimum absolute atomic E-state index is 0.0698. The van der Waals surface area contributed by atoms with E-state index in [0.29, 0.717) is 5.02 Å². The minimum atomic E-state index is -0.227. The van der Waals surface area contributed by atoms with Crippen molar-refractivity contribution in [2.24, 2.45) is 0 Å². The van der Waals surface area contributed by atoms with E-state index in [9.17, 15) is 4.39 Å². The van der Waals surface area contributed by atoms with Crippen LogP contribution in [-0.2, 0) is 0 Å². The first-order valence-corrected chi connectivity index (χ1v) is 6.70. The highest BCUT2D eigenvalue weighted by molar-refractivity contribution is 9.10. The molecule has 2 aromatic rings. The molecule has 0 amide bonds. The predicted octanol–water partition coefficient (Wildman–Crippen LogP) is 5.41. The van der Waals surface area contributed by atoms with E-state index in [4.69, 9.17) is 11.6 Å². The molecule has 0 fully saturated rings. The van der Waals surface area contributed by atoms with Gasteiger partial charge < -0.3 is 5.32 Å². The van der Waals surface area contributed by atoms with Crippen LogP contribution in [0.3, 0.4) is 0 Å². The molecule has 0 saturated carbocycles. The maximum Gasteiger partial charge on any atom is 0.123 e. The van der Waals surface area contributed by atoms with Crippen LogP contribution < -0.4 is 5.32 Å². The molecular weight excluding hydrogens is 317 g/mol. The highest BCUT2D eigenvalue weighted by Gasteiger charge is 2.08. The molecule has 94 valence electrons. The highest BCUT2D eigenvalue weighted by Crippen LogP contribution is 2.29. The first-order valence-electron chi connectivity index (χ1n) is 5.53. The lowest BCUT2D eigenvalue weighted by atomic mass is 10.1. The Morgan fingerprint density at radius 3 is 2.50 bits per heavy atom. The normalized spacial score (nSPS) is 12.2. The van der Waals surface area contributed by atoms with Gasteiger partial charge in [0.1, 0.15) is 5.82 Å². The van der Waals surface area contributed by atoms with Gasteiger partial charge in [0.25, 0.3) is 0 Å². The molecule has 2 aromatic carbocycles. The van der Waals surface area contributed by atoms with Crippen LogP contribution in [0.25, 0.3) is 0 Å². The number of hydrogen-bond donors (Lipinski definition) is 1. The van der Waals surface area contributed by atoms with Gasteiger partial charge in [-0.2, -0.15) is 0 Å². The van der Waals surface area contributed by atoms with Gasteiger partial charge in [0.15, 0.2) is 0 Å². The summed E-state index contributed by atoms with van der Waals surface area (Å²) in [4.78, 5) is 0. The average molecular weight is 329 g/mol. The number of rotatable bonds is 3. The molecule has 2 rings (SSSR count). The van der Waals surface area contributed by atoms with Crippen molar-refractivity contribution >= 4 is 33.2 Å². The number of anilines is 1. The molecule has 0 aromatic heterocycles. The van der Waals surface area contributed by atoms with Crippen LogP contribution in [-0.4, -0.2) is 0 Å². The van der Waals surface area contributed by atoms with Gasteiger partial charge in [-0.15, -0.1) is 0 Å². The largest absolute Gasteiger partial charge is 0.378 e. The number of hydrogen-bond acceptors (Lipinski definition) is 1. The van der Waals surface area contributed by atoms with Crippen molar-refractivity contribution in [1.29, 1.82) is 0 Å². The molecule has 0 saturated heterocycles.